The zero-order valence-corrected chi connectivity index (χ0v) is 13.0. The smallest absolute Gasteiger partial charge is 0.109 e. The number of nitrogens with one attached hydrogen (secondary N) is 1. The predicted octanol–water partition coefficient (Wildman–Crippen LogP) is 3.50. The molecule has 0 fully saturated rings. The molecule has 0 saturated heterocycles. The Morgan fingerprint density at radius 2 is 1.70 bits per heavy atom. The van der Waals surface area contributed by atoms with Crippen molar-refractivity contribution < 1.29 is 0 Å². The first-order valence-corrected chi connectivity index (χ1v) is 7.80. The average molecular weight is 271 g/mol. The molecular formula is C17H25N3. The summed E-state index contributed by atoms with van der Waals surface area (Å²) >= 11 is 0. The summed E-state index contributed by atoms with van der Waals surface area (Å²) in [5.41, 5.74) is 5.32. The molecule has 108 valence electrons. The lowest BCUT2D eigenvalue weighted by Crippen LogP contribution is -2.32. The first-order valence-electron chi connectivity index (χ1n) is 7.80. The highest BCUT2D eigenvalue weighted by atomic mass is 15.1. The van der Waals surface area contributed by atoms with Gasteiger partial charge in [0.05, 0.1) is 11.0 Å². The van der Waals surface area contributed by atoms with E-state index in [1.165, 1.54) is 23.2 Å². The summed E-state index contributed by atoms with van der Waals surface area (Å²) in [5, 5.41) is 0. The zero-order chi connectivity index (χ0) is 14.3. The number of fused-ring (bicyclic) bond motifs is 2. The molecule has 0 unspecified atom stereocenters. The van der Waals surface area contributed by atoms with Crippen molar-refractivity contribution >= 4 is 11.0 Å². The Kier molecular flexibility index (Phi) is 3.55. The SMILES string of the molecule is CC(C)c1nc2cc3c(cc2[nH]1)CCN(C(C)C)CC3. The van der Waals surface area contributed by atoms with Crippen LogP contribution < -0.4 is 0 Å². The van der Waals surface area contributed by atoms with Gasteiger partial charge < -0.3 is 9.88 Å². The maximum absolute atomic E-state index is 4.74. The lowest BCUT2D eigenvalue weighted by atomic mass is 10.0. The maximum Gasteiger partial charge on any atom is 0.109 e. The van der Waals surface area contributed by atoms with Gasteiger partial charge in [-0.1, -0.05) is 13.8 Å². The third kappa shape index (κ3) is 2.47. The largest absolute Gasteiger partial charge is 0.342 e. The van der Waals surface area contributed by atoms with E-state index in [9.17, 15) is 0 Å². The van der Waals surface area contributed by atoms with E-state index in [4.69, 9.17) is 4.98 Å². The molecule has 3 rings (SSSR count). The number of nitrogens with zero attached hydrogens (tertiary/aromatic N) is 2. The fourth-order valence-corrected chi connectivity index (χ4v) is 3.06. The van der Waals surface area contributed by atoms with E-state index >= 15 is 0 Å². The second-order valence-corrected chi connectivity index (χ2v) is 6.54. The Morgan fingerprint density at radius 1 is 1.05 bits per heavy atom. The highest BCUT2D eigenvalue weighted by molar-refractivity contribution is 5.77. The van der Waals surface area contributed by atoms with Gasteiger partial charge in [0.15, 0.2) is 0 Å². The number of hydrogen-bond donors (Lipinski definition) is 1. The molecule has 0 radical (unpaired) electrons. The normalized spacial score (nSPS) is 16.9. The third-order valence-corrected chi connectivity index (χ3v) is 4.44. The summed E-state index contributed by atoms with van der Waals surface area (Å²) in [7, 11) is 0. The fraction of sp³-hybridized carbons (Fsp3) is 0.588. The summed E-state index contributed by atoms with van der Waals surface area (Å²) in [4.78, 5) is 10.8. The zero-order valence-electron chi connectivity index (χ0n) is 13.0. The number of benzene rings is 1. The highest BCUT2D eigenvalue weighted by Gasteiger charge is 2.17. The molecule has 0 atom stereocenters. The van der Waals surface area contributed by atoms with Crippen molar-refractivity contribution in [2.24, 2.45) is 0 Å². The van der Waals surface area contributed by atoms with E-state index in [-0.39, 0.29) is 0 Å². The molecular weight excluding hydrogens is 246 g/mol. The van der Waals surface area contributed by atoms with Gasteiger partial charge in [-0.25, -0.2) is 4.98 Å². The van der Waals surface area contributed by atoms with Gasteiger partial charge in [0, 0.05) is 25.0 Å². The maximum atomic E-state index is 4.74. The number of aromatic amines is 1. The van der Waals surface area contributed by atoms with Crippen molar-refractivity contribution in [3.63, 3.8) is 0 Å². The van der Waals surface area contributed by atoms with Crippen molar-refractivity contribution in [3.8, 4) is 0 Å². The molecule has 0 aliphatic carbocycles. The lowest BCUT2D eigenvalue weighted by Gasteiger charge is -2.23. The summed E-state index contributed by atoms with van der Waals surface area (Å²) < 4.78 is 0. The van der Waals surface area contributed by atoms with Crippen molar-refractivity contribution in [1.82, 2.24) is 14.9 Å². The Labute approximate surface area is 121 Å². The molecule has 2 heterocycles. The van der Waals surface area contributed by atoms with E-state index in [1.807, 2.05) is 0 Å². The van der Waals surface area contributed by atoms with Crippen LogP contribution in [0.1, 0.15) is 50.6 Å². The van der Waals surface area contributed by atoms with Crippen molar-refractivity contribution in [2.45, 2.75) is 52.5 Å². The van der Waals surface area contributed by atoms with Crippen LogP contribution in [-0.2, 0) is 12.8 Å². The molecule has 1 aliphatic rings. The lowest BCUT2D eigenvalue weighted by molar-refractivity contribution is 0.233. The molecule has 0 bridgehead atoms. The number of aromatic nitrogens is 2. The minimum Gasteiger partial charge on any atom is -0.342 e. The Bertz CT molecular complexity index is 565. The van der Waals surface area contributed by atoms with Crippen LogP contribution in [-0.4, -0.2) is 34.0 Å². The molecule has 3 heteroatoms. The van der Waals surface area contributed by atoms with Gasteiger partial charge >= 0.3 is 0 Å². The van der Waals surface area contributed by atoms with Crippen LogP contribution in [0.3, 0.4) is 0 Å². The van der Waals surface area contributed by atoms with Crippen molar-refractivity contribution in [3.05, 3.63) is 29.1 Å². The topological polar surface area (TPSA) is 31.9 Å². The minimum atomic E-state index is 0.457. The van der Waals surface area contributed by atoms with Gasteiger partial charge in [-0.05, 0) is 49.9 Å². The third-order valence-electron chi connectivity index (χ3n) is 4.44. The van der Waals surface area contributed by atoms with Crippen molar-refractivity contribution in [2.75, 3.05) is 13.1 Å². The molecule has 1 aromatic carbocycles. The van der Waals surface area contributed by atoms with Crippen LogP contribution in [0.15, 0.2) is 12.1 Å². The number of imidazole rings is 1. The van der Waals surface area contributed by atoms with Crippen LogP contribution >= 0.6 is 0 Å². The Hall–Kier alpha value is -1.35. The molecule has 2 aromatic rings. The molecule has 1 aromatic heterocycles. The second kappa shape index (κ2) is 5.21. The van der Waals surface area contributed by atoms with Crippen LogP contribution in [0.2, 0.25) is 0 Å². The van der Waals surface area contributed by atoms with E-state index in [0.29, 0.717) is 12.0 Å². The monoisotopic (exact) mass is 271 g/mol. The van der Waals surface area contributed by atoms with Gasteiger partial charge in [0.2, 0.25) is 0 Å². The number of rotatable bonds is 2. The standard InChI is InChI=1S/C17H25N3/c1-11(2)17-18-15-9-13-5-7-20(12(3)4)8-6-14(13)10-16(15)19-17/h9-12H,5-8H2,1-4H3,(H,18,19). The highest BCUT2D eigenvalue weighted by Crippen LogP contribution is 2.24. The van der Waals surface area contributed by atoms with Crippen LogP contribution in [0.25, 0.3) is 11.0 Å². The van der Waals surface area contributed by atoms with Gasteiger partial charge in [-0.15, -0.1) is 0 Å². The van der Waals surface area contributed by atoms with E-state index in [0.717, 1.165) is 30.7 Å². The van der Waals surface area contributed by atoms with Gasteiger partial charge in [0.25, 0.3) is 0 Å². The van der Waals surface area contributed by atoms with Crippen LogP contribution in [0.5, 0.6) is 0 Å². The van der Waals surface area contributed by atoms with Crippen molar-refractivity contribution in [1.29, 1.82) is 0 Å². The molecule has 1 aliphatic heterocycles. The number of hydrogen-bond acceptors (Lipinski definition) is 2. The summed E-state index contributed by atoms with van der Waals surface area (Å²) in [6.07, 6.45) is 2.30. The van der Waals surface area contributed by atoms with Gasteiger partial charge in [-0.3, -0.25) is 0 Å². The summed E-state index contributed by atoms with van der Waals surface area (Å²) in [6, 6.07) is 5.27. The Morgan fingerprint density at radius 3 is 2.30 bits per heavy atom. The first-order chi connectivity index (χ1) is 9.54. The molecule has 0 spiro atoms. The average Bonchev–Trinajstić information content (AvgIpc) is 2.69. The Balaban J connectivity index is 1.95. The fourth-order valence-electron chi connectivity index (χ4n) is 3.06. The molecule has 0 saturated carbocycles. The molecule has 20 heavy (non-hydrogen) atoms. The quantitative estimate of drug-likeness (QED) is 0.906. The van der Waals surface area contributed by atoms with Crippen LogP contribution in [0, 0.1) is 0 Å². The van der Waals surface area contributed by atoms with Gasteiger partial charge in [0.1, 0.15) is 5.82 Å². The van der Waals surface area contributed by atoms with Gasteiger partial charge in [-0.2, -0.15) is 0 Å². The minimum absolute atomic E-state index is 0.457. The summed E-state index contributed by atoms with van der Waals surface area (Å²) in [6.45, 7) is 11.3. The summed E-state index contributed by atoms with van der Waals surface area (Å²) in [5.74, 6) is 1.56. The molecule has 1 N–H and O–H groups in total. The van der Waals surface area contributed by atoms with E-state index in [1.54, 1.807) is 0 Å². The second-order valence-electron chi connectivity index (χ2n) is 6.54. The molecule has 0 amide bonds. The van der Waals surface area contributed by atoms with E-state index in [2.05, 4.69) is 49.7 Å². The first kappa shape index (κ1) is 13.6. The van der Waals surface area contributed by atoms with E-state index < -0.39 is 0 Å². The molecule has 3 nitrogen and oxygen atoms in total. The number of H-pyrrole nitrogens is 1. The predicted molar refractivity (Wildman–Crippen MR) is 84.3 cm³/mol. The van der Waals surface area contributed by atoms with Crippen LogP contribution in [0.4, 0.5) is 0 Å².